The molecule has 6 aromatic rings. The van der Waals surface area contributed by atoms with Crippen LogP contribution in [0.2, 0.25) is 0 Å². The van der Waals surface area contributed by atoms with Crippen LogP contribution in [-0.4, -0.2) is 70.3 Å². The molecule has 0 bridgehead atoms. The fraction of sp³-hybridized carbons (Fsp3) is 0.192. The number of hydrogen-bond acceptors (Lipinski definition) is 12. The first-order valence-electron chi connectivity index (χ1n) is 21.2. The number of carbonyl (C=O) groups excluding carboxylic acids is 3. The van der Waals surface area contributed by atoms with Crippen LogP contribution in [-0.2, 0) is 35.9 Å². The fourth-order valence-corrected chi connectivity index (χ4v) is 9.65. The Morgan fingerprint density at radius 3 is 2.10 bits per heavy atom. The quantitative estimate of drug-likeness (QED) is 0.0564. The Hall–Kier alpha value is -8.32. The summed E-state index contributed by atoms with van der Waals surface area (Å²) in [5, 5.41) is 33.0. The van der Waals surface area contributed by atoms with Gasteiger partial charge in [-0.15, -0.1) is 0 Å². The van der Waals surface area contributed by atoms with Gasteiger partial charge in [-0.3, -0.25) is 29.4 Å². The minimum absolute atomic E-state index is 0.0113. The molecule has 0 aromatic heterocycles. The van der Waals surface area contributed by atoms with Gasteiger partial charge < -0.3 is 29.2 Å². The first-order chi connectivity index (χ1) is 32.6. The van der Waals surface area contributed by atoms with Crippen LogP contribution < -0.4 is 14.4 Å². The number of carboxylic acid groups (broad SMARTS) is 1. The smallest absolute Gasteiger partial charge is 0.421 e. The number of nitrogens with zero attached hydrogens (tertiary/aromatic N) is 3. The highest BCUT2D eigenvalue weighted by atomic mass is 16.6. The zero-order chi connectivity index (χ0) is 46.8. The number of morpholine rings is 1. The van der Waals surface area contributed by atoms with Crippen molar-refractivity contribution in [3.05, 3.63) is 201 Å². The van der Waals surface area contributed by atoms with Crippen LogP contribution >= 0.6 is 0 Å². The molecular weight excluding hydrogens is 859 g/mol. The van der Waals surface area contributed by atoms with Crippen molar-refractivity contribution in [1.29, 1.82) is 0 Å². The summed E-state index contributed by atoms with van der Waals surface area (Å²) in [7, 11) is 1.55. The summed E-state index contributed by atoms with van der Waals surface area (Å²) in [6.45, 7) is -0.959. The van der Waals surface area contributed by atoms with Gasteiger partial charge in [-0.2, -0.15) is 0 Å². The van der Waals surface area contributed by atoms with E-state index in [-0.39, 0.29) is 35.9 Å². The number of aliphatic hydroxyl groups is 1. The molecule has 6 unspecified atom stereocenters. The first-order valence-corrected chi connectivity index (χ1v) is 21.2. The van der Waals surface area contributed by atoms with E-state index in [4.69, 9.17) is 18.9 Å². The molecule has 3 heterocycles. The number of carboxylic acids is 1. The molecule has 2 amide bonds. The van der Waals surface area contributed by atoms with E-state index >= 15 is 4.79 Å². The average Bonchev–Trinajstić information content (AvgIpc) is 3.81. The van der Waals surface area contributed by atoms with E-state index in [9.17, 15) is 34.7 Å². The monoisotopic (exact) mass is 899 g/mol. The van der Waals surface area contributed by atoms with E-state index in [0.29, 0.717) is 39.1 Å². The van der Waals surface area contributed by atoms with Gasteiger partial charge in [0.25, 0.3) is 5.69 Å². The van der Waals surface area contributed by atoms with Gasteiger partial charge in [0.05, 0.1) is 36.4 Å². The molecule has 2 saturated heterocycles. The number of non-ortho nitro benzene ring substituents is 1. The maximum atomic E-state index is 16.2. The van der Waals surface area contributed by atoms with Crippen LogP contribution in [0.25, 0.3) is 0 Å². The normalized spacial score (nSPS) is 21.6. The summed E-state index contributed by atoms with van der Waals surface area (Å²) in [5.41, 5.74) is 0.452. The van der Waals surface area contributed by atoms with Crippen molar-refractivity contribution in [3.8, 4) is 23.3 Å². The number of rotatable bonds is 11. The molecule has 2 fully saturated rings. The summed E-state index contributed by atoms with van der Waals surface area (Å²) in [6, 6.07) is 37.9. The Morgan fingerprint density at radius 1 is 0.806 bits per heavy atom. The minimum atomic E-state index is -2.31. The highest BCUT2D eigenvalue weighted by molar-refractivity contribution is 6.23. The number of anilines is 1. The molecule has 0 radical (unpaired) electrons. The van der Waals surface area contributed by atoms with E-state index in [2.05, 4.69) is 11.8 Å². The summed E-state index contributed by atoms with van der Waals surface area (Å²) < 4.78 is 23.6. The number of ether oxygens (including phenoxy) is 4. The number of aliphatic carboxylic acids is 1. The second kappa shape index (κ2) is 18.3. The van der Waals surface area contributed by atoms with Crippen LogP contribution in [0, 0.1) is 27.9 Å². The molecule has 3 aliphatic rings. The summed E-state index contributed by atoms with van der Waals surface area (Å²) in [4.78, 5) is 73.4. The van der Waals surface area contributed by atoms with Gasteiger partial charge in [0, 0.05) is 28.8 Å². The fourth-order valence-electron chi connectivity index (χ4n) is 9.65. The molecule has 1 spiro atoms. The van der Waals surface area contributed by atoms with Gasteiger partial charge in [0.1, 0.15) is 48.2 Å². The number of para-hydroxylation sites is 1. The molecule has 6 atom stereocenters. The van der Waals surface area contributed by atoms with Crippen molar-refractivity contribution in [2.45, 2.75) is 36.3 Å². The minimum Gasteiger partial charge on any atom is -0.497 e. The number of imide groups is 1. The number of methoxy groups -OCH3 is 1. The lowest BCUT2D eigenvalue weighted by Crippen LogP contribution is -2.53. The molecule has 0 saturated carbocycles. The molecule has 2 N–H and O–H groups in total. The van der Waals surface area contributed by atoms with Crippen molar-refractivity contribution in [3.63, 3.8) is 0 Å². The number of esters is 1. The Kier molecular flexibility index (Phi) is 12.0. The lowest BCUT2D eigenvalue weighted by atomic mass is 9.65. The van der Waals surface area contributed by atoms with Gasteiger partial charge in [-0.1, -0.05) is 90.7 Å². The number of benzene rings is 6. The number of aliphatic hydroxyl groups excluding tert-OH is 1. The molecule has 67 heavy (non-hydrogen) atoms. The van der Waals surface area contributed by atoms with E-state index in [1.807, 2.05) is 36.4 Å². The summed E-state index contributed by atoms with van der Waals surface area (Å²) >= 11 is 0. The van der Waals surface area contributed by atoms with Crippen LogP contribution in [0.4, 0.5) is 16.2 Å². The molecule has 15 heteroatoms. The van der Waals surface area contributed by atoms with Gasteiger partial charge in [0.15, 0.2) is 0 Å². The largest absolute Gasteiger partial charge is 0.497 e. The van der Waals surface area contributed by atoms with Crippen molar-refractivity contribution in [1.82, 2.24) is 4.90 Å². The number of hydrogen-bond donors (Lipinski definition) is 2. The second-order valence-electron chi connectivity index (χ2n) is 16.0. The summed E-state index contributed by atoms with van der Waals surface area (Å²) in [5.74, 6) is 1.71. The Balaban J connectivity index is 1.30. The van der Waals surface area contributed by atoms with Gasteiger partial charge in [-0.05, 0) is 82.9 Å². The zero-order valence-electron chi connectivity index (χ0n) is 35.8. The molecule has 6 aromatic carbocycles. The topological polar surface area (TPSA) is 195 Å². The van der Waals surface area contributed by atoms with Crippen LogP contribution in [0.5, 0.6) is 11.5 Å². The van der Waals surface area contributed by atoms with Crippen LogP contribution in [0.1, 0.15) is 57.1 Å². The van der Waals surface area contributed by atoms with Crippen LogP contribution in [0.15, 0.2) is 152 Å². The number of nitro groups is 1. The third-order valence-corrected chi connectivity index (χ3v) is 12.4. The lowest BCUT2D eigenvalue weighted by molar-refractivity contribution is -0.384. The SMILES string of the molecule is COc1ccc(C#Cc2ccc3c(c2)C2(C(=O)N3C(=O)OCc3ccc([N+](=O)[O-])cc3)C(C(=O)O)C3C(=O)OC(c4ccccc4)C(c4ccccc4)N3C2c2ccccc2OCCO)cc1. The van der Waals surface area contributed by atoms with Gasteiger partial charge in [0.2, 0.25) is 5.91 Å². The maximum absolute atomic E-state index is 16.2. The third-order valence-electron chi connectivity index (χ3n) is 12.4. The van der Waals surface area contributed by atoms with Crippen molar-refractivity contribution >= 4 is 35.3 Å². The zero-order valence-corrected chi connectivity index (χ0v) is 35.8. The Morgan fingerprint density at radius 2 is 1.45 bits per heavy atom. The van der Waals surface area contributed by atoms with E-state index in [0.717, 1.165) is 4.90 Å². The second-order valence-corrected chi connectivity index (χ2v) is 16.0. The standard InChI is InChI=1S/C52H41N3O12/c1-64-38-25-20-32(21-26-38)16-17-33-22-27-41-40(30-33)52(50(60)53(41)51(61)66-31-34-18-23-37(24-19-34)55(62)63)43(48(57)58)45-49(59)67-46(36-12-6-3-7-13-36)44(35-10-4-2-5-11-35)54(45)47(52)39-14-8-9-15-42(39)65-29-28-56/h2-15,18-27,30,43-47,56H,28-29,31H2,1H3,(H,57,58). The first kappa shape index (κ1) is 43.9. The van der Waals surface area contributed by atoms with E-state index < -0.39 is 71.0 Å². The highest BCUT2D eigenvalue weighted by Gasteiger charge is 2.76. The van der Waals surface area contributed by atoms with Crippen LogP contribution in [0.3, 0.4) is 0 Å². The lowest BCUT2D eigenvalue weighted by Gasteiger charge is -2.46. The van der Waals surface area contributed by atoms with E-state index in [1.165, 1.54) is 30.3 Å². The highest BCUT2D eigenvalue weighted by Crippen LogP contribution is 2.66. The number of fused-ring (bicyclic) bond motifs is 3. The predicted octanol–water partition coefficient (Wildman–Crippen LogP) is 7.46. The number of carbonyl (C=O) groups is 4. The predicted molar refractivity (Wildman–Crippen MR) is 241 cm³/mol. The molecule has 336 valence electrons. The van der Waals surface area contributed by atoms with E-state index in [1.54, 1.807) is 96.9 Å². The molecular formula is C52H41N3O12. The summed E-state index contributed by atoms with van der Waals surface area (Å²) in [6.07, 6.45) is -2.19. The number of cyclic esters (lactones) is 1. The van der Waals surface area contributed by atoms with Gasteiger partial charge in [-0.25, -0.2) is 9.69 Å². The molecule has 15 nitrogen and oxygen atoms in total. The molecule has 9 rings (SSSR count). The van der Waals surface area contributed by atoms with Crippen molar-refractivity contribution in [2.24, 2.45) is 5.92 Å². The Labute approximate surface area is 383 Å². The average molecular weight is 900 g/mol. The maximum Gasteiger partial charge on any atom is 0.421 e. The number of nitro benzene ring substituents is 1. The molecule has 0 aliphatic carbocycles. The third kappa shape index (κ3) is 7.77. The number of amides is 2. The van der Waals surface area contributed by atoms with Crippen molar-refractivity contribution in [2.75, 3.05) is 25.2 Å². The van der Waals surface area contributed by atoms with Gasteiger partial charge >= 0.3 is 18.0 Å². The Bertz CT molecular complexity index is 2940. The molecule has 3 aliphatic heterocycles. The van der Waals surface area contributed by atoms with Crippen molar-refractivity contribution < 1.29 is 53.3 Å².